The molecule has 6 heteroatoms. The second-order valence-corrected chi connectivity index (χ2v) is 6.30. The van der Waals surface area contributed by atoms with Crippen LogP contribution in [0.2, 0.25) is 0 Å². The number of carbonyl (C=O) groups is 2. The summed E-state index contributed by atoms with van der Waals surface area (Å²) < 4.78 is 10.6. The number of hydrogen-bond donors (Lipinski definition) is 1. The molecule has 0 unspecified atom stereocenters. The van der Waals surface area contributed by atoms with Crippen LogP contribution in [0.1, 0.15) is 28.5 Å². The number of para-hydroxylation sites is 1. The average molecular weight is 378 g/mol. The highest BCUT2D eigenvalue weighted by molar-refractivity contribution is 6.00. The predicted octanol–water partition coefficient (Wildman–Crippen LogP) is 4.05. The molecular formula is C22H22N2O4. The van der Waals surface area contributed by atoms with Crippen molar-refractivity contribution in [3.8, 4) is 5.75 Å². The minimum Gasteiger partial charge on any atom is -0.494 e. The molecule has 0 aliphatic carbocycles. The van der Waals surface area contributed by atoms with Crippen LogP contribution in [-0.2, 0) is 9.53 Å². The number of rotatable bonds is 6. The SMILES string of the molecule is CCOc1ccc(NC(=O)COC(=O)c2c(C)nc3ccccc3c2C)cc1. The molecule has 0 atom stereocenters. The summed E-state index contributed by atoms with van der Waals surface area (Å²) in [6.07, 6.45) is 0. The molecule has 28 heavy (non-hydrogen) atoms. The maximum Gasteiger partial charge on any atom is 0.340 e. The van der Waals surface area contributed by atoms with Gasteiger partial charge in [-0.25, -0.2) is 4.79 Å². The number of esters is 1. The van der Waals surface area contributed by atoms with E-state index in [0.717, 1.165) is 22.2 Å². The van der Waals surface area contributed by atoms with Crippen molar-refractivity contribution in [2.24, 2.45) is 0 Å². The number of benzene rings is 2. The van der Waals surface area contributed by atoms with Gasteiger partial charge in [-0.1, -0.05) is 18.2 Å². The molecular weight excluding hydrogens is 356 g/mol. The zero-order valence-corrected chi connectivity index (χ0v) is 16.1. The van der Waals surface area contributed by atoms with Crippen LogP contribution >= 0.6 is 0 Å². The topological polar surface area (TPSA) is 77.5 Å². The summed E-state index contributed by atoms with van der Waals surface area (Å²) >= 11 is 0. The smallest absolute Gasteiger partial charge is 0.340 e. The number of hydrogen-bond acceptors (Lipinski definition) is 5. The van der Waals surface area contributed by atoms with Gasteiger partial charge in [0.25, 0.3) is 5.91 Å². The normalized spacial score (nSPS) is 10.5. The fourth-order valence-electron chi connectivity index (χ4n) is 3.03. The van der Waals surface area contributed by atoms with E-state index in [2.05, 4.69) is 10.3 Å². The molecule has 0 bridgehead atoms. The van der Waals surface area contributed by atoms with Crippen molar-refractivity contribution in [3.05, 3.63) is 65.4 Å². The largest absolute Gasteiger partial charge is 0.494 e. The fourth-order valence-corrected chi connectivity index (χ4v) is 3.03. The van der Waals surface area contributed by atoms with Crippen molar-refractivity contribution in [1.82, 2.24) is 4.98 Å². The maximum absolute atomic E-state index is 12.5. The third-order valence-corrected chi connectivity index (χ3v) is 4.32. The van der Waals surface area contributed by atoms with Crippen LogP contribution in [0.4, 0.5) is 5.69 Å². The van der Waals surface area contributed by atoms with Gasteiger partial charge in [0.2, 0.25) is 0 Å². The van der Waals surface area contributed by atoms with E-state index in [-0.39, 0.29) is 6.61 Å². The lowest BCUT2D eigenvalue weighted by Gasteiger charge is -2.12. The lowest BCUT2D eigenvalue weighted by Crippen LogP contribution is -2.22. The van der Waals surface area contributed by atoms with E-state index in [1.54, 1.807) is 31.2 Å². The molecule has 1 heterocycles. The summed E-state index contributed by atoms with van der Waals surface area (Å²) in [7, 11) is 0. The van der Waals surface area contributed by atoms with Crippen LogP contribution in [0, 0.1) is 13.8 Å². The van der Waals surface area contributed by atoms with Crippen LogP contribution in [0.5, 0.6) is 5.75 Å². The maximum atomic E-state index is 12.5. The molecule has 0 radical (unpaired) electrons. The second-order valence-electron chi connectivity index (χ2n) is 6.30. The fraction of sp³-hybridized carbons (Fsp3) is 0.227. The third-order valence-electron chi connectivity index (χ3n) is 4.32. The first-order chi connectivity index (χ1) is 13.5. The van der Waals surface area contributed by atoms with Crippen LogP contribution < -0.4 is 10.1 Å². The molecule has 144 valence electrons. The Balaban J connectivity index is 1.65. The highest BCUT2D eigenvalue weighted by atomic mass is 16.5. The van der Waals surface area contributed by atoms with Crippen LogP contribution in [-0.4, -0.2) is 30.1 Å². The van der Waals surface area contributed by atoms with Gasteiger partial charge in [0, 0.05) is 11.1 Å². The van der Waals surface area contributed by atoms with Gasteiger partial charge in [-0.3, -0.25) is 9.78 Å². The number of fused-ring (bicyclic) bond motifs is 1. The molecule has 0 fully saturated rings. The number of anilines is 1. The van der Waals surface area contributed by atoms with Crippen LogP contribution in [0.15, 0.2) is 48.5 Å². The number of carbonyl (C=O) groups excluding carboxylic acids is 2. The van der Waals surface area contributed by atoms with Gasteiger partial charge in [-0.2, -0.15) is 0 Å². The molecule has 0 saturated heterocycles. The van der Waals surface area contributed by atoms with E-state index >= 15 is 0 Å². The van der Waals surface area contributed by atoms with Gasteiger partial charge in [-0.15, -0.1) is 0 Å². The number of aromatic nitrogens is 1. The number of amides is 1. The quantitative estimate of drug-likeness (QED) is 0.655. The Morgan fingerprint density at radius 1 is 1.04 bits per heavy atom. The summed E-state index contributed by atoms with van der Waals surface area (Å²) in [6.45, 7) is 5.71. The van der Waals surface area contributed by atoms with E-state index in [4.69, 9.17) is 9.47 Å². The molecule has 0 saturated carbocycles. The molecule has 1 N–H and O–H groups in total. The van der Waals surface area contributed by atoms with Gasteiger partial charge >= 0.3 is 5.97 Å². The zero-order chi connectivity index (χ0) is 20.1. The summed E-state index contributed by atoms with van der Waals surface area (Å²) in [5.74, 6) is -0.252. The summed E-state index contributed by atoms with van der Waals surface area (Å²) in [5, 5.41) is 3.58. The minimum absolute atomic E-state index is 0.377. The van der Waals surface area contributed by atoms with Crippen molar-refractivity contribution >= 4 is 28.5 Å². The molecule has 0 spiro atoms. The Labute approximate surface area is 163 Å². The van der Waals surface area contributed by atoms with Crippen molar-refractivity contribution < 1.29 is 19.1 Å². The number of aryl methyl sites for hydroxylation is 2. The highest BCUT2D eigenvalue weighted by Crippen LogP contribution is 2.23. The lowest BCUT2D eigenvalue weighted by atomic mass is 10.0. The van der Waals surface area contributed by atoms with Gasteiger partial charge in [0.15, 0.2) is 6.61 Å². The summed E-state index contributed by atoms with van der Waals surface area (Å²) in [5.41, 5.74) is 3.19. The van der Waals surface area contributed by atoms with Crippen LogP contribution in [0.3, 0.4) is 0 Å². The summed E-state index contributed by atoms with van der Waals surface area (Å²) in [6, 6.07) is 14.6. The monoisotopic (exact) mass is 378 g/mol. The van der Waals surface area contributed by atoms with E-state index in [0.29, 0.717) is 23.6 Å². The van der Waals surface area contributed by atoms with E-state index < -0.39 is 11.9 Å². The summed E-state index contributed by atoms with van der Waals surface area (Å²) in [4.78, 5) is 29.1. The second kappa shape index (κ2) is 8.52. The first-order valence-electron chi connectivity index (χ1n) is 9.05. The van der Waals surface area contributed by atoms with Crippen molar-refractivity contribution in [1.29, 1.82) is 0 Å². The predicted molar refractivity (Wildman–Crippen MR) is 108 cm³/mol. The Morgan fingerprint density at radius 3 is 2.46 bits per heavy atom. The Kier molecular flexibility index (Phi) is 5.89. The van der Waals surface area contributed by atoms with Crippen LogP contribution in [0.25, 0.3) is 10.9 Å². The minimum atomic E-state index is -0.560. The standard InChI is InChI=1S/C22H22N2O4/c1-4-27-17-11-9-16(10-12-17)24-20(25)13-28-22(26)21-14(2)18-7-5-6-8-19(18)23-15(21)3/h5-12H,4,13H2,1-3H3,(H,24,25). The molecule has 1 aromatic heterocycles. The van der Waals surface area contributed by atoms with Crippen molar-refractivity contribution in [3.63, 3.8) is 0 Å². The molecule has 6 nitrogen and oxygen atoms in total. The highest BCUT2D eigenvalue weighted by Gasteiger charge is 2.18. The van der Waals surface area contributed by atoms with Crippen molar-refractivity contribution in [2.75, 3.05) is 18.5 Å². The van der Waals surface area contributed by atoms with E-state index in [1.165, 1.54) is 0 Å². The Bertz CT molecular complexity index is 1010. The first-order valence-corrected chi connectivity index (χ1v) is 9.05. The van der Waals surface area contributed by atoms with Crippen molar-refractivity contribution in [2.45, 2.75) is 20.8 Å². The Hall–Kier alpha value is -3.41. The molecule has 0 aliphatic rings. The molecule has 2 aromatic carbocycles. The first kappa shape index (κ1) is 19.4. The molecule has 3 rings (SSSR count). The molecule has 1 amide bonds. The lowest BCUT2D eigenvalue weighted by molar-refractivity contribution is -0.119. The average Bonchev–Trinajstić information content (AvgIpc) is 2.68. The number of ether oxygens (including phenoxy) is 2. The number of nitrogens with zero attached hydrogens (tertiary/aromatic N) is 1. The third kappa shape index (κ3) is 4.28. The van der Waals surface area contributed by atoms with Gasteiger partial charge in [0.1, 0.15) is 5.75 Å². The number of nitrogens with one attached hydrogen (secondary N) is 1. The van der Waals surface area contributed by atoms with Gasteiger partial charge in [0.05, 0.1) is 23.4 Å². The van der Waals surface area contributed by atoms with E-state index in [9.17, 15) is 9.59 Å². The Morgan fingerprint density at radius 2 is 1.75 bits per heavy atom. The zero-order valence-electron chi connectivity index (χ0n) is 16.1. The van der Waals surface area contributed by atoms with Gasteiger partial charge in [-0.05, 0) is 56.7 Å². The van der Waals surface area contributed by atoms with Gasteiger partial charge < -0.3 is 14.8 Å². The molecule has 0 aliphatic heterocycles. The number of pyridine rings is 1. The molecule has 3 aromatic rings. The van der Waals surface area contributed by atoms with E-state index in [1.807, 2.05) is 38.1 Å².